The molecule has 0 aromatic rings. The molecule has 0 aromatic heterocycles. The second-order valence-electron chi connectivity index (χ2n) is 4.61. The number of carboxylic acids is 1. The molecule has 0 spiro atoms. The van der Waals surface area contributed by atoms with E-state index >= 15 is 0 Å². The van der Waals surface area contributed by atoms with Gasteiger partial charge >= 0.3 is 5.97 Å². The van der Waals surface area contributed by atoms with E-state index in [2.05, 4.69) is 11.9 Å². The van der Waals surface area contributed by atoms with E-state index < -0.39 is 24.0 Å². The summed E-state index contributed by atoms with van der Waals surface area (Å²) in [6, 6.07) is -1.49. The topological polar surface area (TPSA) is 86.7 Å². The minimum atomic E-state index is -1.02. The van der Waals surface area contributed by atoms with Gasteiger partial charge in [0.1, 0.15) is 12.1 Å². The largest absolute Gasteiger partial charge is 0.480 e. The number of amides is 2. The lowest BCUT2D eigenvalue weighted by atomic mass is 10.0. The first-order valence-corrected chi connectivity index (χ1v) is 5.84. The maximum absolute atomic E-state index is 12.0. The molecule has 1 rings (SSSR count). The Kier molecular flexibility index (Phi) is 4.47. The molecule has 1 saturated heterocycles. The van der Waals surface area contributed by atoms with Gasteiger partial charge in [0.2, 0.25) is 11.8 Å². The first kappa shape index (κ1) is 14.2. The molecule has 1 heterocycles. The van der Waals surface area contributed by atoms with Gasteiger partial charge in [0, 0.05) is 6.54 Å². The van der Waals surface area contributed by atoms with Gasteiger partial charge in [-0.05, 0) is 18.4 Å². The van der Waals surface area contributed by atoms with E-state index in [1.165, 1.54) is 4.90 Å². The fourth-order valence-electron chi connectivity index (χ4n) is 2.12. The van der Waals surface area contributed by atoms with Gasteiger partial charge in [-0.3, -0.25) is 9.59 Å². The minimum Gasteiger partial charge on any atom is -0.480 e. The van der Waals surface area contributed by atoms with Crippen LogP contribution < -0.4 is 5.32 Å². The fourth-order valence-corrected chi connectivity index (χ4v) is 2.12. The minimum absolute atomic E-state index is 0.180. The lowest BCUT2D eigenvalue weighted by Gasteiger charge is -2.27. The van der Waals surface area contributed by atoms with Gasteiger partial charge in [-0.15, -0.1) is 0 Å². The molecule has 2 amide bonds. The molecule has 2 atom stereocenters. The number of carbonyl (C=O) groups excluding carboxylic acids is 2. The van der Waals surface area contributed by atoms with Crippen LogP contribution in [0.5, 0.6) is 0 Å². The van der Waals surface area contributed by atoms with Gasteiger partial charge in [0.25, 0.3) is 0 Å². The molecule has 2 N–H and O–H groups in total. The number of carbonyl (C=O) groups is 3. The summed E-state index contributed by atoms with van der Waals surface area (Å²) in [6.07, 6.45) is 1.52. The SMILES string of the molecule is C=CC(=O)N[C@@H]1CCN([C@H](C(=O)O)C(C)C)C1=O. The predicted octanol–water partition coefficient (Wildman–Crippen LogP) is -0.00130. The summed E-state index contributed by atoms with van der Waals surface area (Å²) in [6.45, 7) is 7.15. The highest BCUT2D eigenvalue weighted by Crippen LogP contribution is 2.19. The Balaban J connectivity index is 2.77. The van der Waals surface area contributed by atoms with Crippen molar-refractivity contribution in [3.8, 4) is 0 Å². The number of nitrogens with one attached hydrogen (secondary N) is 1. The third-order valence-corrected chi connectivity index (χ3v) is 2.96. The monoisotopic (exact) mass is 254 g/mol. The summed E-state index contributed by atoms with van der Waals surface area (Å²) < 4.78 is 0. The molecule has 1 aliphatic heterocycles. The second kappa shape index (κ2) is 5.66. The molecule has 0 aliphatic carbocycles. The van der Waals surface area contributed by atoms with Crippen molar-refractivity contribution in [2.24, 2.45) is 5.92 Å². The molecule has 100 valence electrons. The molecule has 6 heteroatoms. The highest BCUT2D eigenvalue weighted by Gasteiger charge is 2.40. The third kappa shape index (κ3) is 2.88. The molecule has 0 radical (unpaired) electrons. The van der Waals surface area contributed by atoms with Gasteiger partial charge in [0.15, 0.2) is 0 Å². The average molecular weight is 254 g/mol. The van der Waals surface area contributed by atoms with Crippen LogP contribution in [0.25, 0.3) is 0 Å². The number of hydrogen-bond acceptors (Lipinski definition) is 3. The molecule has 18 heavy (non-hydrogen) atoms. The molecule has 6 nitrogen and oxygen atoms in total. The molecule has 0 aromatic carbocycles. The van der Waals surface area contributed by atoms with Crippen molar-refractivity contribution < 1.29 is 19.5 Å². The zero-order valence-electron chi connectivity index (χ0n) is 10.5. The number of nitrogens with zero attached hydrogens (tertiary/aromatic N) is 1. The van der Waals surface area contributed by atoms with E-state index in [0.717, 1.165) is 6.08 Å². The van der Waals surface area contributed by atoms with Gasteiger partial charge < -0.3 is 15.3 Å². The van der Waals surface area contributed by atoms with Crippen molar-refractivity contribution in [2.75, 3.05) is 6.54 Å². The van der Waals surface area contributed by atoms with Crippen molar-refractivity contribution in [1.82, 2.24) is 10.2 Å². The first-order valence-electron chi connectivity index (χ1n) is 5.84. The van der Waals surface area contributed by atoms with Crippen LogP contribution in [-0.2, 0) is 14.4 Å². The highest BCUT2D eigenvalue weighted by molar-refractivity contribution is 5.94. The normalized spacial score (nSPS) is 20.9. The van der Waals surface area contributed by atoms with Crippen LogP contribution in [0.3, 0.4) is 0 Å². The van der Waals surface area contributed by atoms with Crippen LogP contribution in [0, 0.1) is 5.92 Å². The maximum atomic E-state index is 12.0. The van der Waals surface area contributed by atoms with Gasteiger partial charge in [-0.2, -0.15) is 0 Å². The van der Waals surface area contributed by atoms with Crippen LogP contribution in [0.1, 0.15) is 20.3 Å². The van der Waals surface area contributed by atoms with E-state index in [9.17, 15) is 14.4 Å². The summed E-state index contributed by atoms with van der Waals surface area (Å²) >= 11 is 0. The van der Waals surface area contributed by atoms with Crippen molar-refractivity contribution in [1.29, 1.82) is 0 Å². The van der Waals surface area contributed by atoms with Crippen molar-refractivity contribution in [2.45, 2.75) is 32.4 Å². The Hall–Kier alpha value is -1.85. The number of likely N-dealkylation sites (tertiary alicyclic amines) is 1. The Morgan fingerprint density at radius 2 is 2.17 bits per heavy atom. The predicted molar refractivity (Wildman–Crippen MR) is 64.7 cm³/mol. The van der Waals surface area contributed by atoms with E-state index in [1.54, 1.807) is 13.8 Å². The number of aliphatic carboxylic acids is 1. The summed E-state index contributed by atoms with van der Waals surface area (Å²) in [5.41, 5.74) is 0. The standard InChI is InChI=1S/C12H18N2O4/c1-4-9(15)13-8-5-6-14(11(8)16)10(7(2)3)12(17)18/h4,7-8,10H,1,5-6H2,2-3H3,(H,13,15)(H,17,18)/t8-,10+/m1/s1. The molecule has 0 saturated carbocycles. The van der Waals surface area contributed by atoms with E-state index in [1.807, 2.05) is 0 Å². The first-order chi connectivity index (χ1) is 8.38. The summed E-state index contributed by atoms with van der Waals surface area (Å²) in [4.78, 5) is 35.6. The van der Waals surface area contributed by atoms with E-state index in [-0.39, 0.29) is 11.8 Å². The van der Waals surface area contributed by atoms with Gasteiger partial charge in [0.05, 0.1) is 0 Å². The molecule has 0 unspecified atom stereocenters. The van der Waals surface area contributed by atoms with E-state index in [4.69, 9.17) is 5.11 Å². The average Bonchev–Trinajstić information content (AvgIpc) is 2.61. The fraction of sp³-hybridized carbons (Fsp3) is 0.583. The van der Waals surface area contributed by atoms with Crippen LogP contribution in [0.2, 0.25) is 0 Å². The van der Waals surface area contributed by atoms with Crippen molar-refractivity contribution in [3.63, 3.8) is 0 Å². The van der Waals surface area contributed by atoms with Gasteiger partial charge in [-0.25, -0.2) is 4.79 Å². The molecule has 0 bridgehead atoms. The van der Waals surface area contributed by atoms with Crippen LogP contribution in [-0.4, -0.2) is 46.4 Å². The second-order valence-corrected chi connectivity index (χ2v) is 4.61. The zero-order valence-corrected chi connectivity index (χ0v) is 10.5. The number of rotatable bonds is 5. The van der Waals surface area contributed by atoms with Crippen LogP contribution in [0.15, 0.2) is 12.7 Å². The summed E-state index contributed by atoms with van der Waals surface area (Å²) in [5, 5.41) is 11.6. The smallest absolute Gasteiger partial charge is 0.326 e. The van der Waals surface area contributed by atoms with E-state index in [0.29, 0.717) is 13.0 Å². The highest BCUT2D eigenvalue weighted by atomic mass is 16.4. The Morgan fingerprint density at radius 1 is 1.56 bits per heavy atom. The molecular formula is C12H18N2O4. The Labute approximate surface area is 106 Å². The lowest BCUT2D eigenvalue weighted by molar-refractivity contribution is -0.150. The van der Waals surface area contributed by atoms with Crippen LogP contribution in [0.4, 0.5) is 0 Å². The van der Waals surface area contributed by atoms with Crippen molar-refractivity contribution in [3.05, 3.63) is 12.7 Å². The molecular weight excluding hydrogens is 236 g/mol. The number of hydrogen-bond donors (Lipinski definition) is 2. The Bertz CT molecular complexity index is 378. The molecule has 1 fully saturated rings. The quantitative estimate of drug-likeness (QED) is 0.676. The maximum Gasteiger partial charge on any atom is 0.326 e. The summed E-state index contributed by atoms with van der Waals surface area (Å²) in [5.74, 6) is -1.97. The Morgan fingerprint density at radius 3 is 2.61 bits per heavy atom. The lowest BCUT2D eigenvalue weighted by Crippen LogP contribution is -2.49. The van der Waals surface area contributed by atoms with Gasteiger partial charge in [-0.1, -0.05) is 20.4 Å². The summed E-state index contributed by atoms with van der Waals surface area (Å²) in [7, 11) is 0. The number of carboxylic acid groups (broad SMARTS) is 1. The molecule has 1 aliphatic rings. The zero-order chi connectivity index (χ0) is 13.9. The van der Waals surface area contributed by atoms with Crippen molar-refractivity contribution >= 4 is 17.8 Å². The third-order valence-electron chi connectivity index (χ3n) is 2.96. The van der Waals surface area contributed by atoms with Crippen LogP contribution >= 0.6 is 0 Å².